The van der Waals surface area contributed by atoms with Crippen LogP contribution >= 0.6 is 11.3 Å². The zero-order chi connectivity index (χ0) is 19.3. The van der Waals surface area contributed by atoms with E-state index in [0.717, 1.165) is 32.4 Å². The van der Waals surface area contributed by atoms with E-state index in [2.05, 4.69) is 5.32 Å². The number of hydrogen-bond donors (Lipinski definition) is 2. The molecule has 1 aliphatic rings. The monoisotopic (exact) mass is 391 g/mol. The lowest BCUT2D eigenvalue weighted by molar-refractivity contribution is 0.103. The van der Waals surface area contributed by atoms with Crippen molar-refractivity contribution in [2.24, 2.45) is 0 Å². The maximum absolute atomic E-state index is 12.8. The SMILES string of the molecule is Cc1ccccc1NC(=O)c1sc2nc3cc4c(cc3cc2c1N)OCCO4. The van der Waals surface area contributed by atoms with Crippen LogP contribution in [-0.2, 0) is 0 Å². The number of para-hydroxylation sites is 1. The van der Waals surface area contributed by atoms with Crippen molar-refractivity contribution in [1.29, 1.82) is 0 Å². The molecule has 0 fully saturated rings. The van der Waals surface area contributed by atoms with E-state index in [4.69, 9.17) is 20.2 Å². The summed E-state index contributed by atoms with van der Waals surface area (Å²) in [7, 11) is 0. The maximum Gasteiger partial charge on any atom is 0.267 e. The van der Waals surface area contributed by atoms with Crippen molar-refractivity contribution >= 4 is 49.7 Å². The molecule has 0 saturated carbocycles. The Balaban J connectivity index is 1.58. The number of carbonyl (C=O) groups is 1. The Morgan fingerprint density at radius 2 is 1.89 bits per heavy atom. The normalized spacial score (nSPS) is 13.0. The molecule has 4 aromatic rings. The van der Waals surface area contributed by atoms with Gasteiger partial charge in [-0.3, -0.25) is 4.79 Å². The number of rotatable bonds is 2. The second-order valence-electron chi connectivity index (χ2n) is 6.64. The summed E-state index contributed by atoms with van der Waals surface area (Å²) in [4.78, 5) is 18.7. The van der Waals surface area contributed by atoms with Gasteiger partial charge in [0.1, 0.15) is 22.9 Å². The lowest BCUT2D eigenvalue weighted by Gasteiger charge is -2.18. The average molecular weight is 391 g/mol. The van der Waals surface area contributed by atoms with Crippen molar-refractivity contribution in [1.82, 2.24) is 4.98 Å². The first-order valence-corrected chi connectivity index (χ1v) is 9.71. The van der Waals surface area contributed by atoms with Crippen molar-refractivity contribution in [3.05, 3.63) is 52.9 Å². The minimum absolute atomic E-state index is 0.232. The molecular weight excluding hydrogens is 374 g/mol. The van der Waals surface area contributed by atoms with E-state index in [1.54, 1.807) is 0 Å². The highest BCUT2D eigenvalue weighted by molar-refractivity contribution is 7.21. The minimum atomic E-state index is -0.232. The number of ether oxygens (including phenoxy) is 2. The van der Waals surface area contributed by atoms with Crippen LogP contribution in [0.2, 0.25) is 0 Å². The van der Waals surface area contributed by atoms with Crippen molar-refractivity contribution in [2.45, 2.75) is 6.92 Å². The number of nitrogens with one attached hydrogen (secondary N) is 1. The predicted molar refractivity (Wildman–Crippen MR) is 112 cm³/mol. The van der Waals surface area contributed by atoms with E-state index in [-0.39, 0.29) is 5.91 Å². The van der Waals surface area contributed by atoms with Crippen LogP contribution in [0.4, 0.5) is 11.4 Å². The van der Waals surface area contributed by atoms with Crippen LogP contribution in [0.5, 0.6) is 11.5 Å². The fourth-order valence-corrected chi connectivity index (χ4v) is 4.28. The molecule has 140 valence electrons. The van der Waals surface area contributed by atoms with Gasteiger partial charge in [0.2, 0.25) is 0 Å². The van der Waals surface area contributed by atoms with E-state index >= 15 is 0 Å². The van der Waals surface area contributed by atoms with Crippen LogP contribution < -0.4 is 20.5 Å². The molecule has 3 N–H and O–H groups in total. The van der Waals surface area contributed by atoms with Crippen LogP contribution in [0.25, 0.3) is 21.1 Å². The van der Waals surface area contributed by atoms with Crippen molar-refractivity contribution in [3.63, 3.8) is 0 Å². The lowest BCUT2D eigenvalue weighted by Crippen LogP contribution is -2.15. The fraction of sp³-hybridized carbons (Fsp3) is 0.143. The number of nitrogens with two attached hydrogens (primary N) is 1. The number of amides is 1. The molecular formula is C21H17N3O3S. The standard InChI is InChI=1S/C21H17N3O3S/c1-11-4-2-3-5-14(11)23-20(25)19-18(22)13-8-12-9-16-17(27-7-6-26-16)10-15(12)24-21(13)28-19/h2-5,8-10H,6-7,22H2,1H3,(H,23,25). The summed E-state index contributed by atoms with van der Waals surface area (Å²) in [6.07, 6.45) is 0. The maximum atomic E-state index is 12.8. The molecule has 2 aromatic carbocycles. The number of fused-ring (bicyclic) bond motifs is 3. The first-order valence-electron chi connectivity index (χ1n) is 8.89. The molecule has 0 radical (unpaired) electrons. The van der Waals surface area contributed by atoms with Gasteiger partial charge in [-0.15, -0.1) is 11.3 Å². The Kier molecular flexibility index (Phi) is 3.84. The Morgan fingerprint density at radius 1 is 1.14 bits per heavy atom. The Bertz CT molecular complexity index is 1250. The van der Waals surface area contributed by atoms with Gasteiger partial charge in [-0.25, -0.2) is 4.98 Å². The minimum Gasteiger partial charge on any atom is -0.486 e. The van der Waals surface area contributed by atoms with Gasteiger partial charge in [-0.1, -0.05) is 18.2 Å². The quantitative estimate of drug-likeness (QED) is 0.530. The number of aromatic nitrogens is 1. The number of hydrogen-bond acceptors (Lipinski definition) is 6. The van der Waals surface area contributed by atoms with E-state index in [1.807, 2.05) is 49.4 Å². The van der Waals surface area contributed by atoms with Crippen molar-refractivity contribution in [2.75, 3.05) is 24.3 Å². The number of thiophene rings is 1. The van der Waals surface area contributed by atoms with Gasteiger partial charge in [0.25, 0.3) is 5.91 Å². The molecule has 2 aromatic heterocycles. The lowest BCUT2D eigenvalue weighted by atomic mass is 10.1. The Hall–Kier alpha value is -3.32. The van der Waals surface area contributed by atoms with Crippen LogP contribution in [0.1, 0.15) is 15.2 Å². The zero-order valence-corrected chi connectivity index (χ0v) is 15.9. The summed E-state index contributed by atoms with van der Waals surface area (Å²) in [5.74, 6) is 1.16. The molecule has 0 unspecified atom stereocenters. The molecule has 1 aliphatic heterocycles. The van der Waals surface area contributed by atoms with Gasteiger partial charge in [0, 0.05) is 22.5 Å². The molecule has 0 saturated heterocycles. The van der Waals surface area contributed by atoms with E-state index in [1.165, 1.54) is 11.3 Å². The van der Waals surface area contributed by atoms with Gasteiger partial charge < -0.3 is 20.5 Å². The summed E-state index contributed by atoms with van der Waals surface area (Å²) in [5, 5.41) is 4.60. The van der Waals surface area contributed by atoms with Gasteiger partial charge in [0.15, 0.2) is 11.5 Å². The van der Waals surface area contributed by atoms with Gasteiger partial charge >= 0.3 is 0 Å². The molecule has 28 heavy (non-hydrogen) atoms. The first-order chi connectivity index (χ1) is 13.6. The van der Waals surface area contributed by atoms with Crippen molar-refractivity contribution in [3.8, 4) is 11.5 Å². The molecule has 0 spiro atoms. The number of carbonyl (C=O) groups excluding carboxylic acids is 1. The number of nitrogens with zero attached hydrogens (tertiary/aromatic N) is 1. The molecule has 5 rings (SSSR count). The summed E-state index contributed by atoms with van der Waals surface area (Å²) >= 11 is 1.29. The van der Waals surface area contributed by atoms with Crippen LogP contribution in [0.15, 0.2) is 42.5 Å². The molecule has 7 heteroatoms. The first kappa shape index (κ1) is 16.8. The molecule has 1 amide bonds. The fourth-order valence-electron chi connectivity index (χ4n) is 3.30. The van der Waals surface area contributed by atoms with Crippen molar-refractivity contribution < 1.29 is 14.3 Å². The molecule has 0 atom stereocenters. The largest absolute Gasteiger partial charge is 0.486 e. The van der Waals surface area contributed by atoms with Crippen LogP contribution in [-0.4, -0.2) is 24.1 Å². The molecule has 0 bridgehead atoms. The average Bonchev–Trinajstić information content (AvgIpc) is 3.02. The molecule has 6 nitrogen and oxygen atoms in total. The van der Waals surface area contributed by atoms with E-state index < -0.39 is 0 Å². The van der Waals surface area contributed by atoms with Gasteiger partial charge in [-0.2, -0.15) is 0 Å². The Labute approximate surface area is 164 Å². The second kappa shape index (κ2) is 6.38. The van der Waals surface area contributed by atoms with Gasteiger partial charge in [0.05, 0.1) is 11.2 Å². The number of nitrogen functional groups attached to an aromatic ring is 1. The smallest absolute Gasteiger partial charge is 0.267 e. The van der Waals surface area contributed by atoms with Crippen LogP contribution in [0, 0.1) is 6.92 Å². The third kappa shape index (κ3) is 2.71. The highest BCUT2D eigenvalue weighted by Gasteiger charge is 2.20. The third-order valence-corrected chi connectivity index (χ3v) is 5.89. The summed E-state index contributed by atoms with van der Waals surface area (Å²) < 4.78 is 11.3. The molecule has 0 aliphatic carbocycles. The summed E-state index contributed by atoms with van der Waals surface area (Å²) in [6, 6.07) is 13.4. The Morgan fingerprint density at radius 3 is 2.68 bits per heavy atom. The summed E-state index contributed by atoms with van der Waals surface area (Å²) in [6.45, 7) is 3.00. The van der Waals surface area contributed by atoms with Gasteiger partial charge in [-0.05, 0) is 30.7 Å². The van der Waals surface area contributed by atoms with E-state index in [9.17, 15) is 4.79 Å². The van der Waals surface area contributed by atoms with E-state index in [0.29, 0.717) is 35.3 Å². The predicted octanol–water partition coefficient (Wildman–Crippen LogP) is 4.36. The topological polar surface area (TPSA) is 86.5 Å². The number of benzene rings is 2. The third-order valence-electron chi connectivity index (χ3n) is 4.78. The highest BCUT2D eigenvalue weighted by atomic mass is 32.1. The second-order valence-corrected chi connectivity index (χ2v) is 7.64. The number of anilines is 2. The zero-order valence-electron chi connectivity index (χ0n) is 15.1. The number of pyridine rings is 1. The molecule has 3 heterocycles. The van der Waals surface area contributed by atoms with Crippen LogP contribution in [0.3, 0.4) is 0 Å². The highest BCUT2D eigenvalue weighted by Crippen LogP contribution is 2.39. The number of aryl methyl sites for hydroxylation is 1. The summed E-state index contributed by atoms with van der Waals surface area (Å²) in [5.41, 5.74) is 9.29.